The molecule has 0 saturated carbocycles. The molecule has 0 aromatic heterocycles. The van der Waals surface area contributed by atoms with Crippen LogP contribution in [0.5, 0.6) is 0 Å². The number of amides is 1. The van der Waals surface area contributed by atoms with Crippen molar-refractivity contribution in [3.63, 3.8) is 0 Å². The second kappa shape index (κ2) is 5.57. The third kappa shape index (κ3) is 2.54. The third-order valence-electron chi connectivity index (χ3n) is 4.41. The van der Waals surface area contributed by atoms with E-state index in [2.05, 4.69) is 37.9 Å². The Kier molecular flexibility index (Phi) is 4.28. The van der Waals surface area contributed by atoms with Crippen LogP contribution in [0, 0.1) is 11.8 Å². The molecule has 2 saturated heterocycles. The van der Waals surface area contributed by atoms with E-state index in [9.17, 15) is 4.79 Å². The number of nitrogens with one attached hydrogen (secondary N) is 1. The van der Waals surface area contributed by atoms with E-state index < -0.39 is 0 Å². The number of carbonyl (C=O) groups is 1. The van der Waals surface area contributed by atoms with Crippen LogP contribution in [-0.2, 0) is 9.53 Å². The normalized spacial score (nSPS) is 32.3. The van der Waals surface area contributed by atoms with Gasteiger partial charge in [0.25, 0.3) is 0 Å². The molecule has 0 aromatic rings. The van der Waals surface area contributed by atoms with Crippen molar-refractivity contribution >= 4 is 5.91 Å². The highest BCUT2D eigenvalue weighted by atomic mass is 16.5. The summed E-state index contributed by atoms with van der Waals surface area (Å²) >= 11 is 0. The van der Waals surface area contributed by atoms with E-state index in [1.165, 1.54) is 0 Å². The van der Waals surface area contributed by atoms with Crippen LogP contribution < -0.4 is 5.32 Å². The van der Waals surface area contributed by atoms with Crippen LogP contribution in [0.4, 0.5) is 0 Å². The van der Waals surface area contributed by atoms with Crippen molar-refractivity contribution < 1.29 is 9.53 Å². The van der Waals surface area contributed by atoms with Crippen molar-refractivity contribution in [3.8, 4) is 0 Å². The van der Waals surface area contributed by atoms with Gasteiger partial charge in [0, 0.05) is 19.3 Å². The standard InChI is InChI=1S/C14H26N2O2/c1-9(2)13-14(17)16(11(4)15-13)10(3)12-5-7-18-8-6-12/h9-13,15H,5-8H2,1-4H3. The van der Waals surface area contributed by atoms with Gasteiger partial charge in [-0.25, -0.2) is 0 Å². The maximum Gasteiger partial charge on any atom is 0.241 e. The van der Waals surface area contributed by atoms with Crippen molar-refractivity contribution in [2.75, 3.05) is 13.2 Å². The molecule has 2 rings (SSSR count). The minimum atomic E-state index is -0.0118. The van der Waals surface area contributed by atoms with Gasteiger partial charge in [-0.15, -0.1) is 0 Å². The van der Waals surface area contributed by atoms with Crippen molar-refractivity contribution in [1.29, 1.82) is 0 Å². The lowest BCUT2D eigenvalue weighted by atomic mass is 9.91. The van der Waals surface area contributed by atoms with Gasteiger partial charge in [0.1, 0.15) is 0 Å². The summed E-state index contributed by atoms with van der Waals surface area (Å²) in [7, 11) is 0. The van der Waals surface area contributed by atoms with Gasteiger partial charge in [0.2, 0.25) is 5.91 Å². The summed E-state index contributed by atoms with van der Waals surface area (Å²) in [5.74, 6) is 1.21. The molecular formula is C14H26N2O2. The van der Waals surface area contributed by atoms with E-state index in [0.717, 1.165) is 26.1 Å². The lowest BCUT2D eigenvalue weighted by Gasteiger charge is -2.36. The highest BCUT2D eigenvalue weighted by molar-refractivity contribution is 5.84. The minimum Gasteiger partial charge on any atom is -0.381 e. The summed E-state index contributed by atoms with van der Waals surface area (Å²) in [4.78, 5) is 14.5. The Morgan fingerprint density at radius 3 is 2.39 bits per heavy atom. The number of rotatable bonds is 3. The van der Waals surface area contributed by atoms with Crippen LogP contribution in [0.15, 0.2) is 0 Å². The molecule has 104 valence electrons. The Morgan fingerprint density at radius 2 is 1.89 bits per heavy atom. The van der Waals surface area contributed by atoms with Crippen molar-refractivity contribution in [2.24, 2.45) is 11.8 Å². The molecule has 4 heteroatoms. The summed E-state index contributed by atoms with van der Waals surface area (Å²) in [6.45, 7) is 10.2. The molecule has 0 radical (unpaired) electrons. The summed E-state index contributed by atoms with van der Waals surface area (Å²) in [5, 5.41) is 3.42. The summed E-state index contributed by atoms with van der Waals surface area (Å²) in [6.07, 6.45) is 2.30. The summed E-state index contributed by atoms with van der Waals surface area (Å²) in [6, 6.07) is 0.301. The van der Waals surface area contributed by atoms with E-state index in [0.29, 0.717) is 17.9 Å². The number of hydrogen-bond acceptors (Lipinski definition) is 3. The molecule has 0 spiro atoms. The topological polar surface area (TPSA) is 41.6 Å². The maximum atomic E-state index is 12.5. The van der Waals surface area contributed by atoms with E-state index in [1.54, 1.807) is 0 Å². The predicted octanol–water partition coefficient (Wildman–Crippen LogP) is 1.60. The van der Waals surface area contributed by atoms with Crippen LogP contribution in [0.1, 0.15) is 40.5 Å². The molecule has 2 aliphatic heterocycles. The lowest BCUT2D eigenvalue weighted by Crippen LogP contribution is -2.46. The molecular weight excluding hydrogens is 228 g/mol. The van der Waals surface area contributed by atoms with Crippen molar-refractivity contribution in [2.45, 2.75) is 58.8 Å². The molecule has 4 nitrogen and oxygen atoms in total. The predicted molar refractivity (Wildman–Crippen MR) is 71.1 cm³/mol. The van der Waals surface area contributed by atoms with Crippen LogP contribution in [-0.4, -0.2) is 42.3 Å². The van der Waals surface area contributed by atoms with Crippen molar-refractivity contribution in [3.05, 3.63) is 0 Å². The van der Waals surface area contributed by atoms with Crippen molar-refractivity contribution in [1.82, 2.24) is 10.2 Å². The molecule has 2 aliphatic rings. The second-order valence-electron chi connectivity index (χ2n) is 6.00. The fourth-order valence-corrected chi connectivity index (χ4v) is 3.22. The van der Waals surface area contributed by atoms with Gasteiger partial charge in [-0.3, -0.25) is 10.1 Å². The molecule has 18 heavy (non-hydrogen) atoms. The Labute approximate surface area is 110 Å². The highest BCUT2D eigenvalue weighted by Crippen LogP contribution is 2.27. The third-order valence-corrected chi connectivity index (χ3v) is 4.41. The Bertz CT molecular complexity index is 300. The largest absolute Gasteiger partial charge is 0.381 e. The van der Waals surface area contributed by atoms with Gasteiger partial charge in [-0.05, 0) is 38.5 Å². The van der Waals surface area contributed by atoms with Crippen LogP contribution in [0.3, 0.4) is 0 Å². The average molecular weight is 254 g/mol. The first kappa shape index (κ1) is 13.8. The molecule has 2 heterocycles. The van der Waals surface area contributed by atoms with Crippen LogP contribution in [0.25, 0.3) is 0 Å². The van der Waals surface area contributed by atoms with E-state index >= 15 is 0 Å². The van der Waals surface area contributed by atoms with Gasteiger partial charge >= 0.3 is 0 Å². The molecule has 1 N–H and O–H groups in total. The van der Waals surface area contributed by atoms with Crippen LogP contribution in [0.2, 0.25) is 0 Å². The fraction of sp³-hybridized carbons (Fsp3) is 0.929. The number of carbonyl (C=O) groups excluding carboxylic acids is 1. The number of ether oxygens (including phenoxy) is 1. The minimum absolute atomic E-state index is 0.0118. The second-order valence-corrected chi connectivity index (χ2v) is 6.00. The van der Waals surface area contributed by atoms with Gasteiger partial charge < -0.3 is 9.64 Å². The molecule has 3 unspecified atom stereocenters. The quantitative estimate of drug-likeness (QED) is 0.832. The Balaban J connectivity index is 2.05. The molecule has 0 bridgehead atoms. The van der Waals surface area contributed by atoms with E-state index in [4.69, 9.17) is 4.74 Å². The highest BCUT2D eigenvalue weighted by Gasteiger charge is 2.42. The lowest BCUT2D eigenvalue weighted by molar-refractivity contribution is -0.134. The zero-order valence-electron chi connectivity index (χ0n) is 12.0. The monoisotopic (exact) mass is 254 g/mol. The number of hydrogen-bond donors (Lipinski definition) is 1. The zero-order valence-corrected chi connectivity index (χ0v) is 12.0. The molecule has 2 fully saturated rings. The van der Waals surface area contributed by atoms with Gasteiger partial charge in [0.15, 0.2) is 0 Å². The summed E-state index contributed by atoms with van der Waals surface area (Å²) < 4.78 is 5.41. The Morgan fingerprint density at radius 1 is 1.28 bits per heavy atom. The zero-order chi connectivity index (χ0) is 13.3. The molecule has 0 aliphatic carbocycles. The van der Waals surface area contributed by atoms with Crippen LogP contribution >= 0.6 is 0 Å². The fourth-order valence-electron chi connectivity index (χ4n) is 3.22. The molecule has 3 atom stereocenters. The van der Waals surface area contributed by atoms with Gasteiger partial charge in [0.05, 0.1) is 12.2 Å². The number of nitrogens with zero attached hydrogens (tertiary/aromatic N) is 1. The first-order valence-corrected chi connectivity index (χ1v) is 7.18. The molecule has 1 amide bonds. The van der Waals surface area contributed by atoms with Gasteiger partial charge in [-0.2, -0.15) is 0 Å². The molecule has 0 aromatic carbocycles. The first-order chi connectivity index (χ1) is 8.52. The van der Waals surface area contributed by atoms with Gasteiger partial charge in [-0.1, -0.05) is 13.8 Å². The van der Waals surface area contributed by atoms with E-state index in [-0.39, 0.29) is 18.1 Å². The Hall–Kier alpha value is -0.610. The SMILES string of the molecule is CC(C)C1NC(C)N(C(C)C2CCOCC2)C1=O. The van der Waals surface area contributed by atoms with E-state index in [1.807, 2.05) is 0 Å². The summed E-state index contributed by atoms with van der Waals surface area (Å²) in [5.41, 5.74) is 0. The average Bonchev–Trinajstić information content (AvgIpc) is 2.65. The maximum absolute atomic E-state index is 12.5. The first-order valence-electron chi connectivity index (χ1n) is 7.18. The smallest absolute Gasteiger partial charge is 0.241 e.